The van der Waals surface area contributed by atoms with Crippen LogP contribution in [-0.4, -0.2) is 29.1 Å². The van der Waals surface area contributed by atoms with Crippen molar-refractivity contribution in [2.24, 2.45) is 0 Å². The quantitative estimate of drug-likeness (QED) is 0.369. The van der Waals surface area contributed by atoms with Gasteiger partial charge in [-0.3, -0.25) is 9.59 Å². The normalized spacial score (nSPS) is 15.3. The first-order valence-corrected chi connectivity index (χ1v) is 11.7. The van der Waals surface area contributed by atoms with Crippen molar-refractivity contribution in [3.05, 3.63) is 95.9 Å². The fraction of sp³-hybridized carbons (Fsp3) is 0.214. The first kappa shape index (κ1) is 22.8. The molecule has 1 unspecified atom stereocenters. The van der Waals surface area contributed by atoms with Gasteiger partial charge in [0.15, 0.2) is 0 Å². The molecule has 0 spiro atoms. The maximum Gasteiger partial charge on any atom is 0.272 e. The number of carbonyl (C=O) groups is 2. The van der Waals surface area contributed by atoms with E-state index in [4.69, 9.17) is 4.74 Å². The van der Waals surface area contributed by atoms with Gasteiger partial charge in [0.1, 0.15) is 11.5 Å². The number of benzene rings is 3. The molecule has 2 heterocycles. The number of rotatable bonds is 7. The van der Waals surface area contributed by atoms with E-state index >= 15 is 0 Å². The van der Waals surface area contributed by atoms with Gasteiger partial charge in [0.05, 0.1) is 19.1 Å². The molecular weight excluding hydrogens is 445 g/mol. The van der Waals surface area contributed by atoms with E-state index in [0.29, 0.717) is 35.7 Å². The summed E-state index contributed by atoms with van der Waals surface area (Å²) in [4.78, 5) is 25.7. The van der Waals surface area contributed by atoms with Gasteiger partial charge in [-0.15, -0.1) is 0 Å². The molecule has 0 saturated carbocycles. The van der Waals surface area contributed by atoms with Crippen molar-refractivity contribution in [1.82, 2.24) is 4.57 Å². The number of carbonyl (C=O) groups excluding carboxylic acids is 2. The number of aromatic nitrogens is 1. The van der Waals surface area contributed by atoms with E-state index in [0.717, 1.165) is 23.7 Å². The van der Waals surface area contributed by atoms with Crippen LogP contribution in [0.25, 0.3) is 10.9 Å². The fourth-order valence-electron chi connectivity index (χ4n) is 4.44. The Hall–Kier alpha value is -3.97. The number of nitrogens with one attached hydrogen (secondary N) is 2. The molecule has 4 aromatic rings. The van der Waals surface area contributed by atoms with Crippen molar-refractivity contribution >= 4 is 34.1 Å². The van der Waals surface area contributed by atoms with Gasteiger partial charge in [0, 0.05) is 34.4 Å². The molecule has 7 heteroatoms. The Kier molecular flexibility index (Phi) is 6.59. The van der Waals surface area contributed by atoms with Crippen LogP contribution in [0.2, 0.25) is 0 Å². The largest absolute Gasteiger partial charge is 0.378 e. The second kappa shape index (κ2) is 10.1. The summed E-state index contributed by atoms with van der Waals surface area (Å²) in [6.45, 7) is 0.895. The van der Waals surface area contributed by atoms with Crippen molar-refractivity contribution in [3.63, 3.8) is 0 Å². The highest BCUT2D eigenvalue weighted by Crippen LogP contribution is 2.27. The third kappa shape index (κ3) is 5.25. The summed E-state index contributed by atoms with van der Waals surface area (Å²) in [7, 11) is 0. The van der Waals surface area contributed by atoms with Crippen LogP contribution in [0.5, 0.6) is 0 Å². The molecule has 2 N–H and O–H groups in total. The summed E-state index contributed by atoms with van der Waals surface area (Å²) >= 11 is 0. The molecule has 1 saturated heterocycles. The number of hydrogen-bond acceptors (Lipinski definition) is 3. The minimum absolute atomic E-state index is 0.0335. The van der Waals surface area contributed by atoms with Gasteiger partial charge in [-0.25, -0.2) is 4.39 Å². The lowest BCUT2D eigenvalue weighted by Crippen LogP contribution is -2.19. The monoisotopic (exact) mass is 471 g/mol. The molecule has 1 aromatic heterocycles. The Morgan fingerprint density at radius 1 is 0.943 bits per heavy atom. The summed E-state index contributed by atoms with van der Waals surface area (Å²) < 4.78 is 21.8. The Bertz CT molecular complexity index is 1360. The third-order valence-corrected chi connectivity index (χ3v) is 6.17. The highest BCUT2D eigenvalue weighted by Gasteiger charge is 2.20. The minimum Gasteiger partial charge on any atom is -0.378 e. The van der Waals surface area contributed by atoms with Crippen LogP contribution in [-0.2, 0) is 16.1 Å². The lowest BCUT2D eigenvalue weighted by molar-refractivity contribution is -0.118. The van der Waals surface area contributed by atoms with E-state index in [-0.39, 0.29) is 30.3 Å². The number of amides is 2. The molecule has 1 aliphatic heterocycles. The Morgan fingerprint density at radius 2 is 1.74 bits per heavy atom. The Balaban J connectivity index is 1.46. The highest BCUT2D eigenvalue weighted by molar-refractivity contribution is 6.07. The molecule has 1 fully saturated rings. The molecule has 5 rings (SSSR count). The van der Waals surface area contributed by atoms with Crippen LogP contribution < -0.4 is 10.6 Å². The number of anilines is 2. The van der Waals surface area contributed by atoms with E-state index in [2.05, 4.69) is 10.6 Å². The second-order valence-electron chi connectivity index (χ2n) is 8.69. The van der Waals surface area contributed by atoms with Crippen molar-refractivity contribution < 1.29 is 18.7 Å². The average molecular weight is 472 g/mol. The number of nitrogens with zero attached hydrogens (tertiary/aromatic N) is 1. The SMILES string of the molecule is O=C(CC1CCCO1)Nc1ccc2c(c1)cc(C(=O)Nc1ccccc1)n2Cc1ccccc1F. The third-order valence-electron chi connectivity index (χ3n) is 6.17. The van der Waals surface area contributed by atoms with Gasteiger partial charge >= 0.3 is 0 Å². The fourth-order valence-corrected chi connectivity index (χ4v) is 4.44. The lowest BCUT2D eigenvalue weighted by atomic mass is 10.1. The maximum atomic E-state index is 14.5. The zero-order valence-electron chi connectivity index (χ0n) is 19.2. The lowest BCUT2D eigenvalue weighted by Gasteiger charge is -2.13. The number of hydrogen-bond donors (Lipinski definition) is 2. The number of para-hydroxylation sites is 1. The van der Waals surface area contributed by atoms with E-state index in [1.165, 1.54) is 6.07 Å². The summed E-state index contributed by atoms with van der Waals surface area (Å²) in [5.41, 5.74) is 2.95. The van der Waals surface area contributed by atoms with Crippen molar-refractivity contribution in [1.29, 1.82) is 0 Å². The van der Waals surface area contributed by atoms with Crippen LogP contribution in [0.1, 0.15) is 35.3 Å². The van der Waals surface area contributed by atoms with Gasteiger partial charge in [0.2, 0.25) is 5.91 Å². The average Bonchev–Trinajstić information content (AvgIpc) is 3.49. The molecule has 0 radical (unpaired) electrons. The van der Waals surface area contributed by atoms with Crippen molar-refractivity contribution in [3.8, 4) is 0 Å². The van der Waals surface area contributed by atoms with E-state index in [9.17, 15) is 14.0 Å². The van der Waals surface area contributed by atoms with Crippen LogP contribution in [0.4, 0.5) is 15.8 Å². The predicted molar refractivity (Wildman–Crippen MR) is 134 cm³/mol. The van der Waals surface area contributed by atoms with Crippen LogP contribution in [0.15, 0.2) is 78.9 Å². The minimum atomic E-state index is -0.332. The van der Waals surface area contributed by atoms with Gasteiger partial charge in [0.25, 0.3) is 5.91 Å². The molecule has 3 aromatic carbocycles. The van der Waals surface area contributed by atoms with Gasteiger partial charge in [-0.05, 0) is 55.3 Å². The second-order valence-corrected chi connectivity index (χ2v) is 8.69. The van der Waals surface area contributed by atoms with Crippen molar-refractivity contribution in [2.45, 2.75) is 31.9 Å². The van der Waals surface area contributed by atoms with Crippen LogP contribution >= 0.6 is 0 Å². The molecule has 2 amide bonds. The van der Waals surface area contributed by atoms with Crippen LogP contribution in [0.3, 0.4) is 0 Å². The predicted octanol–water partition coefficient (Wildman–Crippen LogP) is 5.59. The first-order chi connectivity index (χ1) is 17.1. The number of halogens is 1. The highest BCUT2D eigenvalue weighted by atomic mass is 19.1. The molecule has 1 atom stereocenters. The van der Waals surface area contributed by atoms with E-state index in [1.54, 1.807) is 34.9 Å². The molecule has 0 bridgehead atoms. The summed E-state index contributed by atoms with van der Waals surface area (Å²) in [5.74, 6) is -0.737. The van der Waals surface area contributed by atoms with Crippen molar-refractivity contribution in [2.75, 3.05) is 17.2 Å². The Morgan fingerprint density at radius 3 is 2.51 bits per heavy atom. The van der Waals surface area contributed by atoms with E-state index in [1.807, 2.05) is 42.5 Å². The topological polar surface area (TPSA) is 72.4 Å². The summed E-state index contributed by atoms with van der Waals surface area (Å²) in [5, 5.41) is 6.61. The number of ether oxygens (including phenoxy) is 1. The molecule has 6 nitrogen and oxygen atoms in total. The number of fused-ring (bicyclic) bond motifs is 1. The molecule has 1 aliphatic rings. The summed E-state index contributed by atoms with van der Waals surface area (Å²) in [6.07, 6.45) is 2.16. The van der Waals surface area contributed by atoms with Gasteiger partial charge in [-0.1, -0.05) is 36.4 Å². The first-order valence-electron chi connectivity index (χ1n) is 11.7. The molecule has 35 heavy (non-hydrogen) atoms. The summed E-state index contributed by atoms with van der Waals surface area (Å²) in [6, 6.07) is 23.0. The molecule has 0 aliphatic carbocycles. The smallest absolute Gasteiger partial charge is 0.272 e. The molecular formula is C28H26FN3O3. The van der Waals surface area contributed by atoms with E-state index < -0.39 is 0 Å². The van der Waals surface area contributed by atoms with Crippen LogP contribution in [0, 0.1) is 5.82 Å². The van der Waals surface area contributed by atoms with Gasteiger partial charge in [-0.2, -0.15) is 0 Å². The zero-order valence-corrected chi connectivity index (χ0v) is 19.2. The molecule has 178 valence electrons. The standard InChI is InChI=1S/C28H26FN3O3/c29-24-11-5-4-7-19(24)18-32-25-13-12-22(30-27(33)17-23-10-6-14-35-23)15-20(25)16-26(32)28(34)31-21-8-2-1-3-9-21/h1-5,7-9,11-13,15-16,23H,6,10,14,17-18H2,(H,30,33)(H,31,34). The maximum absolute atomic E-state index is 14.5. The van der Waals surface area contributed by atoms with Gasteiger partial charge < -0.3 is 19.9 Å². The Labute approximate surface area is 202 Å². The zero-order chi connectivity index (χ0) is 24.2.